The molecule has 1 aromatic carbocycles. The van der Waals surface area contributed by atoms with Gasteiger partial charge in [-0.05, 0) is 61.1 Å². The summed E-state index contributed by atoms with van der Waals surface area (Å²) in [4.78, 5) is 0. The first-order valence-electron chi connectivity index (χ1n) is 9.19. The first-order chi connectivity index (χ1) is 11.6. The van der Waals surface area contributed by atoms with Crippen molar-refractivity contribution in [2.45, 2.75) is 58.0 Å². The van der Waals surface area contributed by atoms with Crippen LogP contribution < -0.4 is 0 Å². The van der Waals surface area contributed by atoms with Gasteiger partial charge in [0.05, 0.1) is 18.3 Å². The molecule has 1 aliphatic carbocycles. The van der Waals surface area contributed by atoms with E-state index < -0.39 is 11.6 Å². The van der Waals surface area contributed by atoms with Crippen molar-refractivity contribution >= 4 is 0 Å². The van der Waals surface area contributed by atoms with Gasteiger partial charge in [0.2, 0.25) is 0 Å². The molecular weight excluding hydrogens is 306 g/mol. The van der Waals surface area contributed by atoms with Gasteiger partial charge >= 0.3 is 0 Å². The Kier molecular flexibility index (Phi) is 5.56. The topological polar surface area (TPSA) is 9.23 Å². The molecule has 2 fully saturated rings. The minimum Gasteiger partial charge on any atom is -0.373 e. The van der Waals surface area contributed by atoms with Crippen LogP contribution in [0.15, 0.2) is 12.1 Å². The monoisotopic (exact) mass is 332 g/mol. The zero-order valence-corrected chi connectivity index (χ0v) is 14.4. The van der Waals surface area contributed by atoms with Crippen LogP contribution in [0.2, 0.25) is 0 Å². The Morgan fingerprint density at radius 3 is 2.17 bits per heavy atom. The van der Waals surface area contributed by atoms with Crippen molar-refractivity contribution in [1.82, 2.24) is 0 Å². The van der Waals surface area contributed by atoms with Crippen LogP contribution in [0, 0.1) is 41.7 Å². The normalized spacial score (nSPS) is 30.8. The SMILES string of the molecule is C#Cc1c(F)cc(C2CCC(C3CCC(CC)CC3)CO2)cc1F. The van der Waals surface area contributed by atoms with Crippen LogP contribution in [-0.4, -0.2) is 6.61 Å². The van der Waals surface area contributed by atoms with Gasteiger partial charge in [0.1, 0.15) is 11.6 Å². The highest BCUT2D eigenvalue weighted by atomic mass is 19.1. The number of hydrogen-bond acceptors (Lipinski definition) is 1. The summed E-state index contributed by atoms with van der Waals surface area (Å²) >= 11 is 0. The molecule has 0 bridgehead atoms. The maximum absolute atomic E-state index is 13.9. The predicted octanol–water partition coefficient (Wildman–Crippen LogP) is 5.63. The lowest BCUT2D eigenvalue weighted by atomic mass is 9.73. The molecule has 1 saturated heterocycles. The van der Waals surface area contributed by atoms with E-state index >= 15 is 0 Å². The fourth-order valence-electron chi connectivity index (χ4n) is 4.39. The average molecular weight is 332 g/mol. The van der Waals surface area contributed by atoms with Crippen LogP contribution in [0.4, 0.5) is 8.78 Å². The second-order valence-corrected chi connectivity index (χ2v) is 7.35. The van der Waals surface area contributed by atoms with E-state index in [0.717, 1.165) is 24.7 Å². The minimum absolute atomic E-state index is 0.218. The molecule has 3 rings (SSSR count). The van der Waals surface area contributed by atoms with Crippen LogP contribution >= 0.6 is 0 Å². The highest BCUT2D eigenvalue weighted by molar-refractivity contribution is 5.38. The molecule has 1 aliphatic heterocycles. The molecule has 3 heteroatoms. The third kappa shape index (κ3) is 3.64. The third-order valence-electron chi connectivity index (χ3n) is 6.03. The van der Waals surface area contributed by atoms with E-state index in [9.17, 15) is 8.78 Å². The van der Waals surface area contributed by atoms with Gasteiger partial charge in [0, 0.05) is 0 Å². The van der Waals surface area contributed by atoms with Gasteiger partial charge in [-0.2, -0.15) is 0 Å². The maximum atomic E-state index is 13.9. The molecule has 0 spiro atoms. The fourth-order valence-corrected chi connectivity index (χ4v) is 4.39. The number of benzene rings is 1. The summed E-state index contributed by atoms with van der Waals surface area (Å²) < 4.78 is 33.7. The minimum atomic E-state index is -0.670. The summed E-state index contributed by atoms with van der Waals surface area (Å²) in [5, 5.41) is 0. The quantitative estimate of drug-likeness (QED) is 0.652. The Morgan fingerprint density at radius 2 is 1.67 bits per heavy atom. The first-order valence-corrected chi connectivity index (χ1v) is 9.19. The van der Waals surface area contributed by atoms with E-state index in [-0.39, 0.29) is 11.7 Å². The van der Waals surface area contributed by atoms with E-state index in [0.29, 0.717) is 18.1 Å². The maximum Gasteiger partial charge on any atom is 0.142 e. The molecule has 24 heavy (non-hydrogen) atoms. The molecular formula is C21H26F2O. The smallest absolute Gasteiger partial charge is 0.142 e. The zero-order chi connectivity index (χ0) is 17.1. The molecule has 130 valence electrons. The number of rotatable bonds is 3. The van der Waals surface area contributed by atoms with Crippen molar-refractivity contribution in [2.75, 3.05) is 6.61 Å². The highest BCUT2D eigenvalue weighted by Gasteiger charge is 2.31. The van der Waals surface area contributed by atoms with Crippen molar-refractivity contribution in [3.8, 4) is 12.3 Å². The molecule has 1 nitrogen and oxygen atoms in total. The predicted molar refractivity (Wildman–Crippen MR) is 91.4 cm³/mol. The Bertz CT molecular complexity index is 580. The third-order valence-corrected chi connectivity index (χ3v) is 6.03. The van der Waals surface area contributed by atoms with Gasteiger partial charge in [0.25, 0.3) is 0 Å². The van der Waals surface area contributed by atoms with Crippen LogP contribution in [-0.2, 0) is 4.74 Å². The molecule has 0 N–H and O–H groups in total. The molecule has 1 heterocycles. The van der Waals surface area contributed by atoms with Crippen molar-refractivity contribution in [1.29, 1.82) is 0 Å². The van der Waals surface area contributed by atoms with E-state index in [1.54, 1.807) is 0 Å². The van der Waals surface area contributed by atoms with Gasteiger partial charge < -0.3 is 4.74 Å². The van der Waals surface area contributed by atoms with Gasteiger partial charge in [0.15, 0.2) is 0 Å². The number of ether oxygens (including phenoxy) is 1. The number of halogens is 2. The van der Waals surface area contributed by atoms with Gasteiger partial charge in [-0.3, -0.25) is 0 Å². The van der Waals surface area contributed by atoms with Crippen LogP contribution in [0.1, 0.15) is 69.1 Å². The number of terminal acetylenes is 1. The lowest BCUT2D eigenvalue weighted by Gasteiger charge is -2.37. The van der Waals surface area contributed by atoms with E-state index in [1.165, 1.54) is 44.2 Å². The molecule has 0 radical (unpaired) electrons. The molecule has 0 amide bonds. The van der Waals surface area contributed by atoms with E-state index in [4.69, 9.17) is 11.2 Å². The number of hydrogen-bond donors (Lipinski definition) is 0. The van der Waals surface area contributed by atoms with E-state index in [2.05, 4.69) is 12.8 Å². The summed E-state index contributed by atoms with van der Waals surface area (Å²) in [6.07, 6.45) is 13.4. The first kappa shape index (κ1) is 17.4. The molecule has 2 unspecified atom stereocenters. The van der Waals surface area contributed by atoms with Crippen LogP contribution in [0.5, 0.6) is 0 Å². The summed E-state index contributed by atoms with van der Waals surface area (Å²) in [7, 11) is 0. The zero-order valence-electron chi connectivity index (χ0n) is 14.4. The highest BCUT2D eigenvalue weighted by Crippen LogP contribution is 2.41. The van der Waals surface area contributed by atoms with Crippen molar-refractivity contribution < 1.29 is 13.5 Å². The lowest BCUT2D eigenvalue weighted by Crippen LogP contribution is -2.29. The average Bonchev–Trinajstić information content (AvgIpc) is 2.62. The standard InChI is InChI=1S/C21H26F2O/c1-3-14-5-7-15(8-6-14)16-9-10-21(24-13-16)17-11-19(22)18(4-2)20(23)12-17/h2,11-12,14-16,21H,3,5-10,13H2,1H3. The van der Waals surface area contributed by atoms with Gasteiger partial charge in [-0.1, -0.05) is 32.1 Å². The summed E-state index contributed by atoms with van der Waals surface area (Å²) in [6.45, 7) is 2.98. The van der Waals surface area contributed by atoms with Crippen molar-refractivity contribution in [3.63, 3.8) is 0 Å². The Balaban J connectivity index is 1.59. The van der Waals surface area contributed by atoms with Gasteiger partial charge in [-0.25, -0.2) is 8.78 Å². The summed E-state index contributed by atoms with van der Waals surface area (Å²) in [5.41, 5.74) is 0.275. The largest absolute Gasteiger partial charge is 0.373 e. The molecule has 1 saturated carbocycles. The molecule has 2 aliphatic rings. The lowest BCUT2D eigenvalue weighted by molar-refractivity contribution is -0.0406. The Labute approximate surface area is 143 Å². The van der Waals surface area contributed by atoms with Crippen molar-refractivity contribution in [3.05, 3.63) is 34.9 Å². The second-order valence-electron chi connectivity index (χ2n) is 7.35. The molecule has 0 aromatic heterocycles. The Hall–Kier alpha value is -1.40. The molecule has 1 aromatic rings. The Morgan fingerprint density at radius 1 is 1.04 bits per heavy atom. The summed E-state index contributed by atoms with van der Waals surface area (Å²) in [5.74, 6) is 2.97. The van der Waals surface area contributed by atoms with Gasteiger partial charge in [-0.15, -0.1) is 6.42 Å². The molecule has 2 atom stereocenters. The second kappa shape index (κ2) is 7.66. The van der Waals surface area contributed by atoms with E-state index in [1.807, 2.05) is 0 Å². The fraction of sp³-hybridized carbons (Fsp3) is 0.619. The van der Waals surface area contributed by atoms with Crippen LogP contribution in [0.3, 0.4) is 0 Å². The van der Waals surface area contributed by atoms with Crippen LogP contribution in [0.25, 0.3) is 0 Å². The van der Waals surface area contributed by atoms with Crippen molar-refractivity contribution in [2.24, 2.45) is 17.8 Å². The summed E-state index contributed by atoms with van der Waals surface area (Å²) in [6, 6.07) is 2.66.